The van der Waals surface area contributed by atoms with Gasteiger partial charge in [0, 0.05) is 74.2 Å². The van der Waals surface area contributed by atoms with E-state index < -0.39 is 0 Å². The van der Waals surface area contributed by atoms with Gasteiger partial charge >= 0.3 is 0 Å². The number of hydrogen-bond acceptors (Lipinski definition) is 7. The summed E-state index contributed by atoms with van der Waals surface area (Å²) < 4.78 is 7.68. The Balaban J connectivity index is 1.23. The smallest absolute Gasteiger partial charge is 0.156 e. The highest BCUT2D eigenvalue weighted by Crippen LogP contribution is 2.31. The first-order valence-corrected chi connectivity index (χ1v) is 13.6. The van der Waals surface area contributed by atoms with E-state index in [0.29, 0.717) is 12.1 Å². The summed E-state index contributed by atoms with van der Waals surface area (Å²) >= 11 is 0. The normalized spacial score (nSPS) is 18.0. The Bertz CT molecular complexity index is 1320. The molecule has 6 heterocycles. The van der Waals surface area contributed by atoms with Gasteiger partial charge < -0.3 is 19.5 Å². The molecule has 9 heteroatoms. The topological polar surface area (TPSA) is 88.0 Å². The number of nitrogens with zero attached hydrogens (tertiary/aromatic N) is 7. The molecule has 2 aliphatic rings. The molecule has 0 spiro atoms. The zero-order valence-corrected chi connectivity index (χ0v) is 21.8. The van der Waals surface area contributed by atoms with Crippen LogP contribution in [0.3, 0.4) is 0 Å². The second-order valence-electron chi connectivity index (χ2n) is 10.1. The number of H-pyrrole nitrogens is 1. The third-order valence-corrected chi connectivity index (χ3v) is 7.98. The highest BCUT2D eigenvalue weighted by molar-refractivity contribution is 5.91. The van der Waals surface area contributed by atoms with E-state index in [9.17, 15) is 0 Å². The van der Waals surface area contributed by atoms with Gasteiger partial charge in [-0.1, -0.05) is 6.92 Å². The summed E-state index contributed by atoms with van der Waals surface area (Å²) in [5, 5.41) is 4.72. The van der Waals surface area contributed by atoms with Crippen molar-refractivity contribution in [1.29, 1.82) is 0 Å². The van der Waals surface area contributed by atoms with E-state index in [-0.39, 0.29) is 0 Å². The van der Waals surface area contributed by atoms with Crippen molar-refractivity contribution in [2.45, 2.75) is 51.6 Å². The standard InChI is InChI=1S/C28H36N8O/c1-3-34-11-7-23(8-12-34)36-19-21(16-32-36)24-17-30-28-27(24)33-25(18-31-28)20-5-6-26(29-15-20)35(4-2)22-9-13-37-14-10-22/h5-6,15-19,22-23H,3-4,7-14H2,1-2H3,(H,30,31). The summed E-state index contributed by atoms with van der Waals surface area (Å²) in [5.41, 5.74) is 5.53. The molecule has 9 nitrogen and oxygen atoms in total. The number of fused-ring (bicyclic) bond motifs is 1. The summed E-state index contributed by atoms with van der Waals surface area (Å²) in [5.74, 6) is 1.01. The van der Waals surface area contributed by atoms with Crippen molar-refractivity contribution in [1.82, 2.24) is 34.6 Å². The van der Waals surface area contributed by atoms with E-state index in [0.717, 1.165) is 104 Å². The molecule has 2 saturated heterocycles. The fraction of sp³-hybridized carbons (Fsp3) is 0.500. The average molecular weight is 501 g/mol. The third-order valence-electron chi connectivity index (χ3n) is 7.98. The second kappa shape index (κ2) is 10.6. The molecule has 0 bridgehead atoms. The molecule has 1 N–H and O–H groups in total. The van der Waals surface area contributed by atoms with Crippen LogP contribution in [-0.2, 0) is 4.74 Å². The van der Waals surface area contributed by atoms with Gasteiger partial charge in [0.05, 0.1) is 24.1 Å². The van der Waals surface area contributed by atoms with E-state index in [1.165, 1.54) is 0 Å². The van der Waals surface area contributed by atoms with Crippen LogP contribution in [0.25, 0.3) is 33.5 Å². The molecule has 0 amide bonds. The van der Waals surface area contributed by atoms with E-state index in [4.69, 9.17) is 19.8 Å². The predicted molar refractivity (Wildman–Crippen MR) is 146 cm³/mol. The van der Waals surface area contributed by atoms with Crippen LogP contribution >= 0.6 is 0 Å². The number of ether oxygens (including phenoxy) is 1. The average Bonchev–Trinajstić information content (AvgIpc) is 3.62. The first-order valence-electron chi connectivity index (χ1n) is 13.6. The molecular weight excluding hydrogens is 464 g/mol. The maximum absolute atomic E-state index is 5.55. The number of pyridine rings is 1. The van der Waals surface area contributed by atoms with E-state index in [2.05, 4.69) is 56.6 Å². The number of rotatable bonds is 7. The molecular formula is C28H36N8O. The van der Waals surface area contributed by atoms with Crippen LogP contribution in [0.2, 0.25) is 0 Å². The van der Waals surface area contributed by atoms with Gasteiger partial charge in [0.1, 0.15) is 11.3 Å². The lowest BCUT2D eigenvalue weighted by Gasteiger charge is -2.34. The van der Waals surface area contributed by atoms with E-state index in [1.807, 2.05) is 24.8 Å². The van der Waals surface area contributed by atoms with Gasteiger partial charge in [0.15, 0.2) is 5.65 Å². The Morgan fingerprint density at radius 1 is 1.00 bits per heavy atom. The minimum absolute atomic E-state index is 0.455. The van der Waals surface area contributed by atoms with Gasteiger partial charge in [0.25, 0.3) is 0 Å². The number of piperidine rings is 1. The van der Waals surface area contributed by atoms with Crippen molar-refractivity contribution >= 4 is 17.0 Å². The number of likely N-dealkylation sites (tertiary alicyclic amines) is 1. The highest BCUT2D eigenvalue weighted by Gasteiger charge is 2.23. The van der Waals surface area contributed by atoms with Crippen LogP contribution in [0.15, 0.2) is 43.1 Å². The quantitative estimate of drug-likeness (QED) is 0.398. The van der Waals surface area contributed by atoms with Crippen LogP contribution in [0.5, 0.6) is 0 Å². The molecule has 0 aliphatic carbocycles. The molecule has 194 valence electrons. The zero-order chi connectivity index (χ0) is 25.2. The van der Waals surface area contributed by atoms with Crippen LogP contribution in [-0.4, -0.2) is 80.1 Å². The van der Waals surface area contributed by atoms with E-state index >= 15 is 0 Å². The van der Waals surface area contributed by atoms with Gasteiger partial charge in [0.2, 0.25) is 0 Å². The van der Waals surface area contributed by atoms with Crippen molar-refractivity contribution in [3.8, 4) is 22.4 Å². The molecule has 0 radical (unpaired) electrons. The monoisotopic (exact) mass is 500 g/mol. The van der Waals surface area contributed by atoms with Gasteiger partial charge in [-0.3, -0.25) is 4.68 Å². The lowest BCUT2D eigenvalue weighted by Crippen LogP contribution is -2.39. The SMILES string of the molecule is CCN1CCC(n2cc(-c3c[nH]c4ncc(-c5ccc(N(CC)C6CCOCC6)nc5)nc34)cn2)CC1. The number of nitrogens with one attached hydrogen (secondary N) is 1. The first-order chi connectivity index (χ1) is 18.2. The Labute approximate surface area is 217 Å². The molecule has 2 fully saturated rings. The van der Waals surface area contributed by atoms with Crippen LogP contribution in [0.4, 0.5) is 5.82 Å². The lowest BCUT2D eigenvalue weighted by molar-refractivity contribution is 0.0845. The number of hydrogen-bond donors (Lipinski definition) is 1. The summed E-state index contributed by atoms with van der Waals surface area (Å²) in [6, 6.07) is 5.15. The summed E-state index contributed by atoms with van der Waals surface area (Å²) in [6.45, 7) is 10.4. The third kappa shape index (κ3) is 4.85. The molecule has 0 atom stereocenters. The van der Waals surface area contributed by atoms with Crippen molar-refractivity contribution in [3.05, 3.63) is 43.1 Å². The highest BCUT2D eigenvalue weighted by atomic mass is 16.5. The zero-order valence-electron chi connectivity index (χ0n) is 21.8. The number of aromatic nitrogens is 6. The first kappa shape index (κ1) is 24.1. The fourth-order valence-corrected chi connectivity index (χ4v) is 5.74. The van der Waals surface area contributed by atoms with Crippen LogP contribution < -0.4 is 4.90 Å². The van der Waals surface area contributed by atoms with Gasteiger partial charge in [-0.2, -0.15) is 5.10 Å². The van der Waals surface area contributed by atoms with Crippen molar-refractivity contribution in [3.63, 3.8) is 0 Å². The van der Waals surface area contributed by atoms with Gasteiger partial charge in [-0.15, -0.1) is 0 Å². The molecule has 0 saturated carbocycles. The number of anilines is 1. The Kier molecular flexibility index (Phi) is 6.89. The largest absolute Gasteiger partial charge is 0.381 e. The van der Waals surface area contributed by atoms with Crippen molar-refractivity contribution in [2.75, 3.05) is 44.3 Å². The second-order valence-corrected chi connectivity index (χ2v) is 10.1. The van der Waals surface area contributed by atoms with E-state index in [1.54, 1.807) is 0 Å². The number of aromatic amines is 1. The Morgan fingerprint density at radius 2 is 1.84 bits per heavy atom. The molecule has 6 rings (SSSR count). The minimum atomic E-state index is 0.455. The molecule has 2 aliphatic heterocycles. The molecule has 0 aromatic carbocycles. The summed E-state index contributed by atoms with van der Waals surface area (Å²) in [7, 11) is 0. The molecule has 4 aromatic heterocycles. The summed E-state index contributed by atoms with van der Waals surface area (Å²) in [6.07, 6.45) is 14.2. The van der Waals surface area contributed by atoms with Crippen LogP contribution in [0.1, 0.15) is 45.6 Å². The lowest BCUT2D eigenvalue weighted by atomic mass is 10.1. The van der Waals surface area contributed by atoms with Crippen LogP contribution in [0, 0.1) is 0 Å². The Hall–Kier alpha value is -3.30. The predicted octanol–water partition coefficient (Wildman–Crippen LogP) is 4.55. The maximum atomic E-state index is 5.55. The fourth-order valence-electron chi connectivity index (χ4n) is 5.74. The van der Waals surface area contributed by atoms with Gasteiger partial charge in [-0.25, -0.2) is 15.0 Å². The van der Waals surface area contributed by atoms with Crippen molar-refractivity contribution < 1.29 is 4.74 Å². The minimum Gasteiger partial charge on any atom is -0.381 e. The Morgan fingerprint density at radius 3 is 2.57 bits per heavy atom. The molecule has 37 heavy (non-hydrogen) atoms. The molecule has 4 aromatic rings. The summed E-state index contributed by atoms with van der Waals surface area (Å²) in [4.78, 5) is 22.6. The van der Waals surface area contributed by atoms with Gasteiger partial charge in [-0.05, 0) is 51.3 Å². The van der Waals surface area contributed by atoms with Crippen molar-refractivity contribution in [2.24, 2.45) is 0 Å². The molecule has 0 unspecified atom stereocenters. The maximum Gasteiger partial charge on any atom is 0.156 e.